The number of ether oxygens (including phenoxy) is 3. The van der Waals surface area contributed by atoms with Crippen LogP contribution >= 0.6 is 0 Å². The minimum Gasteiger partial charge on any atom is -0.493 e. The molecule has 6 aromatic rings. The highest BCUT2D eigenvalue weighted by Gasteiger charge is 2.15. The van der Waals surface area contributed by atoms with Gasteiger partial charge in [0.15, 0.2) is 11.5 Å². The van der Waals surface area contributed by atoms with Crippen molar-refractivity contribution in [3.63, 3.8) is 0 Å². The molecule has 0 radical (unpaired) electrons. The first kappa shape index (κ1) is 31.9. The molecule has 0 bridgehead atoms. The van der Waals surface area contributed by atoms with Crippen LogP contribution in [0.15, 0.2) is 95.8 Å². The third kappa shape index (κ3) is 7.64. The van der Waals surface area contributed by atoms with E-state index in [1.807, 2.05) is 97.8 Å². The molecule has 0 fully saturated rings. The van der Waals surface area contributed by atoms with Gasteiger partial charge in [-0.3, -0.25) is 9.48 Å². The van der Waals surface area contributed by atoms with Crippen LogP contribution in [0.4, 0.5) is 0 Å². The molecule has 48 heavy (non-hydrogen) atoms. The number of benzene rings is 3. The van der Waals surface area contributed by atoms with Crippen LogP contribution in [-0.2, 0) is 31.0 Å². The van der Waals surface area contributed by atoms with E-state index in [0.717, 1.165) is 34.5 Å². The minimum absolute atomic E-state index is 0.0410. The SMILES string of the molecule is CCn1cc(C=Cc2cn(-c3ccccc3)nc2OCc2ccc(OCc3nc(-c4ccc(CC(=O)O)cc4)oc3C)c(OC)c2)cn1. The largest absolute Gasteiger partial charge is 0.493 e. The van der Waals surface area contributed by atoms with Gasteiger partial charge in [0.05, 0.1) is 31.0 Å². The lowest BCUT2D eigenvalue weighted by Gasteiger charge is -2.12. The van der Waals surface area contributed by atoms with Crippen molar-refractivity contribution in [3.8, 4) is 34.5 Å². The van der Waals surface area contributed by atoms with E-state index in [4.69, 9.17) is 28.8 Å². The molecule has 0 aliphatic rings. The van der Waals surface area contributed by atoms with Gasteiger partial charge in [-0.2, -0.15) is 5.10 Å². The van der Waals surface area contributed by atoms with Gasteiger partial charge in [-0.1, -0.05) is 42.5 Å². The molecule has 11 heteroatoms. The summed E-state index contributed by atoms with van der Waals surface area (Å²) in [5.74, 6) is 1.78. The molecule has 0 atom stereocenters. The fourth-order valence-electron chi connectivity index (χ4n) is 4.98. The second-order valence-corrected chi connectivity index (χ2v) is 11.0. The second kappa shape index (κ2) is 14.5. The summed E-state index contributed by atoms with van der Waals surface area (Å²) >= 11 is 0. The number of aromatic nitrogens is 5. The zero-order valence-corrected chi connectivity index (χ0v) is 26.9. The molecular weight excluding hydrogens is 610 g/mol. The number of carboxylic acids is 1. The normalized spacial score (nSPS) is 11.2. The fraction of sp³-hybridized carbons (Fsp3) is 0.189. The van der Waals surface area contributed by atoms with E-state index in [1.54, 1.807) is 36.1 Å². The minimum atomic E-state index is -0.879. The van der Waals surface area contributed by atoms with Gasteiger partial charge in [-0.25, -0.2) is 9.67 Å². The van der Waals surface area contributed by atoms with Crippen LogP contribution in [0.3, 0.4) is 0 Å². The first-order chi connectivity index (χ1) is 23.4. The zero-order chi connectivity index (χ0) is 33.5. The van der Waals surface area contributed by atoms with Crippen LogP contribution in [0, 0.1) is 6.92 Å². The van der Waals surface area contributed by atoms with E-state index in [0.29, 0.717) is 40.3 Å². The van der Waals surface area contributed by atoms with Crippen molar-refractivity contribution < 1.29 is 28.5 Å². The number of para-hydroxylation sites is 1. The first-order valence-electron chi connectivity index (χ1n) is 15.4. The molecule has 3 heterocycles. The molecule has 0 unspecified atom stereocenters. The number of aliphatic carboxylic acids is 1. The Balaban J connectivity index is 1.14. The molecule has 1 N–H and O–H groups in total. The summed E-state index contributed by atoms with van der Waals surface area (Å²) in [5, 5.41) is 18.1. The molecular formula is C37H35N5O6. The molecule has 3 aromatic heterocycles. The molecule has 0 spiro atoms. The number of aryl methyl sites for hydroxylation is 2. The van der Waals surface area contributed by atoms with Crippen molar-refractivity contribution in [2.75, 3.05) is 7.11 Å². The van der Waals surface area contributed by atoms with E-state index in [2.05, 4.69) is 10.1 Å². The van der Waals surface area contributed by atoms with Crippen molar-refractivity contribution in [1.29, 1.82) is 0 Å². The number of hydrogen-bond acceptors (Lipinski definition) is 8. The Labute approximate surface area is 277 Å². The summed E-state index contributed by atoms with van der Waals surface area (Å²) < 4.78 is 27.5. The van der Waals surface area contributed by atoms with E-state index in [9.17, 15) is 4.79 Å². The monoisotopic (exact) mass is 645 g/mol. The Morgan fingerprint density at radius 2 is 1.73 bits per heavy atom. The molecule has 6 rings (SSSR count). The highest BCUT2D eigenvalue weighted by Crippen LogP contribution is 2.31. The fourth-order valence-corrected chi connectivity index (χ4v) is 4.98. The van der Waals surface area contributed by atoms with Crippen LogP contribution in [0.5, 0.6) is 17.4 Å². The first-order valence-corrected chi connectivity index (χ1v) is 15.4. The zero-order valence-electron chi connectivity index (χ0n) is 26.9. The van der Waals surface area contributed by atoms with Crippen molar-refractivity contribution in [1.82, 2.24) is 24.5 Å². The number of methoxy groups -OCH3 is 1. The van der Waals surface area contributed by atoms with Crippen molar-refractivity contribution in [2.24, 2.45) is 0 Å². The molecule has 0 aliphatic heterocycles. The maximum Gasteiger partial charge on any atom is 0.307 e. The maximum absolute atomic E-state index is 11.0. The van der Waals surface area contributed by atoms with Gasteiger partial charge in [0, 0.05) is 30.1 Å². The number of carboxylic acid groups (broad SMARTS) is 1. The summed E-state index contributed by atoms with van der Waals surface area (Å²) in [6.45, 7) is 5.10. The molecule has 0 amide bonds. The lowest BCUT2D eigenvalue weighted by Crippen LogP contribution is -2.02. The van der Waals surface area contributed by atoms with Crippen LogP contribution in [0.1, 0.15) is 40.6 Å². The van der Waals surface area contributed by atoms with Gasteiger partial charge in [0.1, 0.15) is 24.7 Å². The second-order valence-electron chi connectivity index (χ2n) is 11.0. The predicted octanol–water partition coefficient (Wildman–Crippen LogP) is 7.02. The van der Waals surface area contributed by atoms with Crippen LogP contribution in [0.2, 0.25) is 0 Å². The summed E-state index contributed by atoms with van der Waals surface area (Å²) in [6, 6.07) is 22.6. The van der Waals surface area contributed by atoms with Gasteiger partial charge in [0.2, 0.25) is 11.8 Å². The number of rotatable bonds is 14. The van der Waals surface area contributed by atoms with E-state index in [1.165, 1.54) is 0 Å². The van der Waals surface area contributed by atoms with Crippen LogP contribution in [0.25, 0.3) is 29.3 Å². The van der Waals surface area contributed by atoms with Gasteiger partial charge < -0.3 is 23.7 Å². The van der Waals surface area contributed by atoms with E-state index in [-0.39, 0.29) is 19.6 Å². The Bertz CT molecular complexity index is 2030. The van der Waals surface area contributed by atoms with Gasteiger partial charge in [-0.05, 0) is 67.4 Å². The molecule has 3 aromatic carbocycles. The lowest BCUT2D eigenvalue weighted by atomic mass is 10.1. The van der Waals surface area contributed by atoms with Gasteiger partial charge in [-0.15, -0.1) is 5.10 Å². The van der Waals surface area contributed by atoms with Crippen LogP contribution < -0.4 is 14.2 Å². The molecule has 0 aliphatic carbocycles. The topological polar surface area (TPSA) is 127 Å². The highest BCUT2D eigenvalue weighted by molar-refractivity contribution is 5.71. The van der Waals surface area contributed by atoms with Gasteiger partial charge >= 0.3 is 5.97 Å². The van der Waals surface area contributed by atoms with Gasteiger partial charge in [0.25, 0.3) is 0 Å². The third-order valence-corrected chi connectivity index (χ3v) is 7.58. The molecule has 0 saturated heterocycles. The Hall–Kier alpha value is -6.10. The van der Waals surface area contributed by atoms with Crippen molar-refractivity contribution >= 4 is 18.1 Å². The van der Waals surface area contributed by atoms with Crippen molar-refractivity contribution in [2.45, 2.75) is 40.0 Å². The van der Waals surface area contributed by atoms with Crippen LogP contribution in [-0.4, -0.2) is 42.7 Å². The average molecular weight is 646 g/mol. The molecule has 11 nitrogen and oxygen atoms in total. The smallest absolute Gasteiger partial charge is 0.307 e. The summed E-state index contributed by atoms with van der Waals surface area (Å²) in [6.07, 6.45) is 9.68. The summed E-state index contributed by atoms with van der Waals surface area (Å²) in [5.41, 5.74) is 5.71. The highest BCUT2D eigenvalue weighted by atomic mass is 16.5. The summed E-state index contributed by atoms with van der Waals surface area (Å²) in [4.78, 5) is 15.6. The maximum atomic E-state index is 11.0. The van der Waals surface area contributed by atoms with Crippen molar-refractivity contribution in [3.05, 3.63) is 125 Å². The predicted molar refractivity (Wildman–Crippen MR) is 180 cm³/mol. The Morgan fingerprint density at radius 3 is 2.46 bits per heavy atom. The number of nitrogens with zero attached hydrogens (tertiary/aromatic N) is 5. The van der Waals surface area contributed by atoms with E-state index >= 15 is 0 Å². The molecule has 244 valence electrons. The summed E-state index contributed by atoms with van der Waals surface area (Å²) in [7, 11) is 1.59. The molecule has 0 saturated carbocycles. The average Bonchev–Trinajstić information content (AvgIpc) is 3.84. The van der Waals surface area contributed by atoms with E-state index < -0.39 is 5.97 Å². The quantitative estimate of drug-likeness (QED) is 0.133. The number of hydrogen-bond donors (Lipinski definition) is 1. The standard InChI is InChI=1S/C37H35N5O6/c1-4-41-21-28(20-38-41)12-16-30-22-42(31-8-6-5-7-9-31)40-37(30)47-23-27-13-17-33(34(18-27)45-3)46-24-32-25(2)48-36(39-32)29-14-10-26(11-15-29)19-35(43)44/h5-18,20-22H,4,19,23-24H2,1-3H3,(H,43,44). The third-order valence-electron chi connectivity index (χ3n) is 7.58. The Morgan fingerprint density at radius 1 is 0.938 bits per heavy atom. The lowest BCUT2D eigenvalue weighted by molar-refractivity contribution is -0.136. The number of carbonyl (C=O) groups is 1. The Kier molecular flexibility index (Phi) is 9.66. The number of oxazole rings is 1.